The quantitative estimate of drug-likeness (QED) is 0.194. The van der Waals surface area contributed by atoms with E-state index in [-0.39, 0.29) is 36.4 Å². The van der Waals surface area contributed by atoms with E-state index in [0.717, 1.165) is 46.3 Å². The molecule has 8 fully saturated rings. The maximum absolute atomic E-state index is 13.1. The van der Waals surface area contributed by atoms with E-state index in [2.05, 4.69) is 53.7 Å². The Balaban J connectivity index is 0.860. The summed E-state index contributed by atoms with van der Waals surface area (Å²) in [4.78, 5) is 26.2. The van der Waals surface area contributed by atoms with Crippen molar-refractivity contribution in [2.45, 2.75) is 117 Å². The topological polar surface area (TPSA) is 71.1 Å². The van der Waals surface area contributed by atoms with E-state index in [1.165, 1.54) is 82.6 Å². The molecule has 0 radical (unpaired) electrons. The van der Waals surface area contributed by atoms with E-state index in [4.69, 9.17) is 18.9 Å². The normalized spacial score (nSPS) is 36.5. The summed E-state index contributed by atoms with van der Waals surface area (Å²) in [5.41, 5.74) is 3.94. The average molecular weight is 782 g/mol. The van der Waals surface area contributed by atoms with E-state index < -0.39 is 20.9 Å². The average Bonchev–Trinajstić information content (AvgIpc) is 3.05. The first-order valence-corrected chi connectivity index (χ1v) is 21.3. The summed E-state index contributed by atoms with van der Waals surface area (Å²) in [7, 11) is 0. The van der Waals surface area contributed by atoms with Crippen LogP contribution in [0.4, 0.5) is 0 Å². The molecule has 0 saturated heterocycles. The number of esters is 2. The van der Waals surface area contributed by atoms with Crippen molar-refractivity contribution in [1.82, 2.24) is 0 Å². The molecule has 264 valence electrons. The molecule has 49 heavy (non-hydrogen) atoms. The van der Waals surface area contributed by atoms with Crippen molar-refractivity contribution in [3.05, 3.63) is 46.5 Å². The minimum absolute atomic E-state index is 0.0488. The summed E-state index contributed by atoms with van der Waals surface area (Å²) >= 11 is -0.690. The van der Waals surface area contributed by atoms with E-state index >= 15 is 0 Å². The number of carbonyl (C=O) groups is 2. The van der Waals surface area contributed by atoms with E-state index in [0.29, 0.717) is 23.7 Å². The Kier molecular flexibility index (Phi) is 8.83. The fourth-order valence-electron chi connectivity index (χ4n) is 11.6. The second-order valence-corrected chi connectivity index (χ2v) is 20.3. The van der Waals surface area contributed by atoms with Crippen molar-refractivity contribution in [2.24, 2.45) is 47.3 Å². The zero-order valence-corrected chi connectivity index (χ0v) is 32.6. The molecule has 0 spiro atoms. The number of ether oxygens (including phenoxy) is 4. The van der Waals surface area contributed by atoms with Gasteiger partial charge in [-0.3, -0.25) is 0 Å². The zero-order valence-electron chi connectivity index (χ0n) is 30.3. The molecule has 0 unspecified atom stereocenters. The first-order valence-electron chi connectivity index (χ1n) is 19.0. The molecular weight excluding hydrogens is 728 g/mol. The Morgan fingerprint density at radius 1 is 0.551 bits per heavy atom. The van der Waals surface area contributed by atoms with Crippen LogP contribution in [0.2, 0.25) is 0 Å². The molecule has 8 saturated carbocycles. The van der Waals surface area contributed by atoms with Crippen molar-refractivity contribution in [1.29, 1.82) is 0 Å². The fraction of sp³-hybridized carbons (Fsp3) is 0.667. The third-order valence-electron chi connectivity index (χ3n) is 14.5. The van der Waals surface area contributed by atoms with Crippen LogP contribution in [0.25, 0.3) is 0 Å². The summed E-state index contributed by atoms with van der Waals surface area (Å²) in [6.45, 7) is 12.8. The van der Waals surface area contributed by atoms with Crippen LogP contribution in [-0.4, -0.2) is 57.3 Å². The van der Waals surface area contributed by atoms with Gasteiger partial charge in [-0.15, -0.1) is 0 Å². The van der Waals surface area contributed by atoms with Crippen LogP contribution in [-0.2, 0) is 19.1 Å². The van der Waals surface area contributed by atoms with Gasteiger partial charge in [0.25, 0.3) is 0 Å². The molecule has 10 rings (SSSR count). The van der Waals surface area contributed by atoms with E-state index in [1.807, 2.05) is 12.1 Å². The zero-order chi connectivity index (χ0) is 34.2. The predicted octanol–water partition coefficient (Wildman–Crippen LogP) is 6.85. The molecule has 0 aromatic heterocycles. The molecule has 8 bridgehead atoms. The molecule has 2 aromatic rings. The Bertz CT molecular complexity index is 1470. The second kappa shape index (κ2) is 12.8. The van der Waals surface area contributed by atoms with Crippen molar-refractivity contribution in [2.75, 3.05) is 13.2 Å². The molecule has 0 N–H and O–H groups in total. The van der Waals surface area contributed by atoms with Gasteiger partial charge in [0, 0.05) is 0 Å². The van der Waals surface area contributed by atoms with Crippen molar-refractivity contribution >= 4 is 40.1 Å². The molecule has 2 aromatic carbocycles. The number of benzene rings is 2. The molecule has 0 atom stereocenters. The summed E-state index contributed by atoms with van der Waals surface area (Å²) in [6.07, 6.45) is 12.5. The minimum atomic E-state index is -0.690. The van der Waals surface area contributed by atoms with E-state index in [1.54, 1.807) is 0 Å². The molecule has 0 heterocycles. The molecule has 0 aliphatic heterocycles. The van der Waals surface area contributed by atoms with Gasteiger partial charge in [-0.2, -0.15) is 0 Å². The van der Waals surface area contributed by atoms with Crippen LogP contribution < -0.4 is 16.7 Å². The Hall–Kier alpha value is -2.23. The third-order valence-corrected chi connectivity index (χ3v) is 18.3. The molecule has 8 aliphatic carbocycles. The van der Waals surface area contributed by atoms with Crippen LogP contribution in [0.5, 0.6) is 11.5 Å². The van der Waals surface area contributed by atoms with Gasteiger partial charge in [-0.25, -0.2) is 0 Å². The van der Waals surface area contributed by atoms with Gasteiger partial charge in [-0.05, 0) is 12.8 Å². The van der Waals surface area contributed by atoms with Crippen LogP contribution >= 0.6 is 0 Å². The Labute approximate surface area is 302 Å². The second-order valence-electron chi connectivity index (χ2n) is 17.2. The standard InChI is InChI=1S/C42H54O6Te/c1-23-25(3)37(9-7-35(23)45-21-39(43)47-41(5)31-13-27-11-28(15-31)16-32(41)14-27)49-38-10-8-36(24(2)26(38)4)46-22-40(44)48-42(6)33-17-29-12-30(19-33)20-34(42)18-29/h7-10,27-34H,11-22H2,1-6H3. The van der Waals surface area contributed by atoms with Crippen molar-refractivity contribution < 1.29 is 28.5 Å². The number of carbonyl (C=O) groups excluding carboxylic acids is 2. The van der Waals surface area contributed by atoms with Crippen LogP contribution in [0, 0.1) is 75.0 Å². The number of rotatable bonds is 10. The predicted molar refractivity (Wildman–Crippen MR) is 191 cm³/mol. The van der Waals surface area contributed by atoms with Crippen LogP contribution in [0.1, 0.15) is 100 Å². The SMILES string of the molecule is Cc1c(OCC(=O)OC2(C)C3CC4CC(C3)CC2C4)ccc([Te]c2ccc(OCC(=O)OC3(C)C4CC5CC(C4)CC3C5)c(C)c2C)c1C. The molecular formula is C42H54O6Te. The van der Waals surface area contributed by atoms with Crippen molar-refractivity contribution in [3.63, 3.8) is 0 Å². The van der Waals surface area contributed by atoms with Gasteiger partial charge >= 0.3 is 291 Å². The summed E-state index contributed by atoms with van der Waals surface area (Å²) in [6, 6.07) is 8.39. The summed E-state index contributed by atoms with van der Waals surface area (Å²) < 4.78 is 27.4. The van der Waals surface area contributed by atoms with Gasteiger partial charge < -0.3 is 0 Å². The fourth-order valence-corrected chi connectivity index (χ4v) is 14.8. The van der Waals surface area contributed by atoms with Gasteiger partial charge in [0.1, 0.15) is 0 Å². The van der Waals surface area contributed by atoms with Gasteiger partial charge in [-0.1, -0.05) is 0 Å². The summed E-state index contributed by atoms with van der Waals surface area (Å²) in [5, 5.41) is 0. The van der Waals surface area contributed by atoms with Crippen LogP contribution in [0.3, 0.4) is 0 Å². The first kappa shape index (κ1) is 33.9. The van der Waals surface area contributed by atoms with Crippen LogP contribution in [0.15, 0.2) is 24.3 Å². The van der Waals surface area contributed by atoms with Gasteiger partial charge in [0.05, 0.1) is 0 Å². The molecule has 6 nitrogen and oxygen atoms in total. The number of hydrogen-bond donors (Lipinski definition) is 0. The van der Waals surface area contributed by atoms with Gasteiger partial charge in [0.2, 0.25) is 0 Å². The Morgan fingerprint density at radius 2 is 0.878 bits per heavy atom. The molecule has 0 amide bonds. The van der Waals surface area contributed by atoms with Gasteiger partial charge in [0.15, 0.2) is 0 Å². The van der Waals surface area contributed by atoms with E-state index in [9.17, 15) is 9.59 Å². The monoisotopic (exact) mass is 784 g/mol. The third kappa shape index (κ3) is 6.11. The Morgan fingerprint density at radius 3 is 1.20 bits per heavy atom. The summed E-state index contributed by atoms with van der Waals surface area (Å²) in [5.74, 6) is 6.41. The first-order chi connectivity index (χ1) is 23.4. The molecule has 8 aliphatic rings. The van der Waals surface area contributed by atoms with Crippen molar-refractivity contribution in [3.8, 4) is 11.5 Å². The maximum atomic E-state index is 13.1. The number of hydrogen-bond acceptors (Lipinski definition) is 6. The molecule has 7 heteroatoms.